The number of phenols is 4. The molecular weight excluding hydrogens is 807 g/mol. The highest BCUT2D eigenvalue weighted by Gasteiger charge is 2.35. The SMILES string of the molecule is CCCCc1cc(C(C)(CC(=O)OCCOC(=O)CC(C)(c2ccc(O)c(CCCC)c2)c2ccc(O)c(CCCC)c2)c2ccc(O)c(I)c2)ccc1O. The lowest BCUT2D eigenvalue weighted by Gasteiger charge is -2.31. The number of aryl methyl sites for hydroxylation is 3. The van der Waals surface area contributed by atoms with Crippen LogP contribution in [0.15, 0.2) is 72.8 Å². The minimum Gasteiger partial charge on any atom is -0.508 e. The minimum absolute atomic E-state index is 0.0181. The summed E-state index contributed by atoms with van der Waals surface area (Å²) in [6.07, 6.45) is 7.73. The van der Waals surface area contributed by atoms with Crippen molar-refractivity contribution < 1.29 is 39.5 Å². The summed E-state index contributed by atoms with van der Waals surface area (Å²) in [4.78, 5) is 27.1. The van der Waals surface area contributed by atoms with Crippen LogP contribution in [0.2, 0.25) is 0 Å². The van der Waals surface area contributed by atoms with Gasteiger partial charge in [0.2, 0.25) is 0 Å². The van der Waals surface area contributed by atoms with Gasteiger partial charge in [0.25, 0.3) is 0 Å². The number of hydrogen-bond acceptors (Lipinski definition) is 8. The largest absolute Gasteiger partial charge is 0.508 e. The maximum Gasteiger partial charge on any atom is 0.307 e. The summed E-state index contributed by atoms with van der Waals surface area (Å²) < 4.78 is 12.0. The fourth-order valence-corrected chi connectivity index (χ4v) is 7.59. The molecule has 1 atom stereocenters. The summed E-state index contributed by atoms with van der Waals surface area (Å²) >= 11 is 2.06. The van der Waals surface area contributed by atoms with E-state index in [1.807, 2.05) is 56.3 Å². The van der Waals surface area contributed by atoms with Gasteiger partial charge in [0.1, 0.15) is 36.2 Å². The molecule has 4 rings (SSSR count). The number of carbonyl (C=O) groups excluding carboxylic acids is 2. The van der Waals surface area contributed by atoms with E-state index in [1.165, 1.54) is 0 Å². The highest BCUT2D eigenvalue weighted by molar-refractivity contribution is 14.1. The van der Waals surface area contributed by atoms with E-state index in [9.17, 15) is 30.0 Å². The van der Waals surface area contributed by atoms with Gasteiger partial charge in [0.15, 0.2) is 0 Å². The second-order valence-electron chi connectivity index (χ2n) is 15.0. The molecule has 4 aromatic rings. The Bertz CT molecular complexity index is 1860. The molecule has 0 bridgehead atoms. The zero-order valence-electron chi connectivity index (χ0n) is 32.9. The number of aromatic hydroxyl groups is 4. The zero-order chi connectivity index (χ0) is 40.2. The Morgan fingerprint density at radius 2 is 0.836 bits per heavy atom. The molecule has 0 aliphatic rings. The van der Waals surface area contributed by atoms with Gasteiger partial charge in [-0.1, -0.05) is 96.3 Å². The van der Waals surface area contributed by atoms with Crippen LogP contribution in [0, 0.1) is 3.57 Å². The average molecular weight is 865 g/mol. The molecule has 4 N–H and O–H groups in total. The molecule has 0 aliphatic carbocycles. The van der Waals surface area contributed by atoms with Crippen molar-refractivity contribution >= 4 is 34.5 Å². The van der Waals surface area contributed by atoms with Crippen LogP contribution in [0.4, 0.5) is 0 Å². The monoisotopic (exact) mass is 864 g/mol. The van der Waals surface area contributed by atoms with E-state index in [2.05, 4.69) is 43.4 Å². The number of hydrogen-bond donors (Lipinski definition) is 4. The molecule has 0 saturated carbocycles. The average Bonchev–Trinajstić information content (AvgIpc) is 3.16. The van der Waals surface area contributed by atoms with E-state index >= 15 is 0 Å². The quantitative estimate of drug-likeness (QED) is 0.0392. The molecule has 0 fully saturated rings. The molecule has 0 saturated heterocycles. The van der Waals surface area contributed by atoms with Gasteiger partial charge in [-0.3, -0.25) is 9.59 Å². The third-order valence-electron chi connectivity index (χ3n) is 10.7. The molecule has 296 valence electrons. The molecule has 0 spiro atoms. The van der Waals surface area contributed by atoms with E-state index < -0.39 is 22.8 Å². The van der Waals surface area contributed by atoms with Crippen molar-refractivity contribution in [3.05, 3.63) is 115 Å². The Balaban J connectivity index is 1.51. The molecule has 0 aliphatic heterocycles. The molecule has 55 heavy (non-hydrogen) atoms. The Morgan fingerprint density at radius 1 is 0.527 bits per heavy atom. The van der Waals surface area contributed by atoms with Crippen LogP contribution in [0.25, 0.3) is 0 Å². The van der Waals surface area contributed by atoms with Crippen LogP contribution in [0.1, 0.15) is 125 Å². The van der Waals surface area contributed by atoms with Gasteiger partial charge < -0.3 is 29.9 Å². The van der Waals surface area contributed by atoms with Crippen molar-refractivity contribution in [1.29, 1.82) is 0 Å². The van der Waals surface area contributed by atoms with Gasteiger partial charge in [-0.05, 0) is 130 Å². The lowest BCUT2D eigenvalue weighted by atomic mass is 9.72. The first-order valence-corrected chi connectivity index (χ1v) is 20.6. The molecule has 1 unspecified atom stereocenters. The van der Waals surface area contributed by atoms with E-state index in [0.717, 1.165) is 77.5 Å². The maximum atomic E-state index is 13.6. The Morgan fingerprint density at radius 3 is 1.15 bits per heavy atom. The van der Waals surface area contributed by atoms with Gasteiger partial charge >= 0.3 is 11.9 Å². The van der Waals surface area contributed by atoms with E-state index in [-0.39, 0.29) is 49.1 Å². The summed E-state index contributed by atoms with van der Waals surface area (Å²) in [6, 6.07) is 21.6. The van der Waals surface area contributed by atoms with E-state index in [0.29, 0.717) is 22.8 Å². The molecule has 4 aromatic carbocycles. The number of phenolic OH excluding ortho intramolecular Hbond substituents is 4. The number of carbonyl (C=O) groups is 2. The fraction of sp³-hybridized carbons (Fsp3) is 0.435. The molecule has 9 heteroatoms. The Hall–Kier alpha value is -4.25. The molecular formula is C46H57IO8. The van der Waals surface area contributed by atoms with Crippen molar-refractivity contribution in [1.82, 2.24) is 0 Å². The second kappa shape index (κ2) is 20.1. The number of benzene rings is 4. The standard InChI is InChI=1S/C46H57IO8/c1-6-9-12-31-25-34(15-19-39(31)48)45(4,35-16-20-40(49)32(26-35)13-10-7-2)29-43(52)54-23-24-55-44(53)30-46(5,37-18-22-42(51)38(47)28-37)36-17-21-41(50)33(27-36)14-11-8-3/h15-22,25-28,48-51H,6-14,23-24,29-30H2,1-5H3. The zero-order valence-corrected chi connectivity index (χ0v) is 35.1. The summed E-state index contributed by atoms with van der Waals surface area (Å²) in [6.45, 7) is 9.94. The van der Waals surface area contributed by atoms with Gasteiger partial charge in [-0.15, -0.1) is 0 Å². The normalized spacial score (nSPS) is 12.6. The molecule has 0 amide bonds. The van der Waals surface area contributed by atoms with Crippen LogP contribution < -0.4 is 0 Å². The lowest BCUT2D eigenvalue weighted by molar-refractivity contribution is -0.153. The number of esters is 2. The smallest absolute Gasteiger partial charge is 0.307 e. The van der Waals surface area contributed by atoms with E-state index in [4.69, 9.17) is 9.47 Å². The number of halogens is 1. The topological polar surface area (TPSA) is 134 Å². The second-order valence-corrected chi connectivity index (χ2v) is 16.1. The van der Waals surface area contributed by atoms with Gasteiger partial charge in [-0.25, -0.2) is 0 Å². The first-order chi connectivity index (χ1) is 26.2. The summed E-state index contributed by atoms with van der Waals surface area (Å²) in [5.74, 6) is -0.163. The lowest BCUT2D eigenvalue weighted by Crippen LogP contribution is -2.30. The van der Waals surface area contributed by atoms with E-state index in [1.54, 1.807) is 30.3 Å². The van der Waals surface area contributed by atoms with Crippen molar-refractivity contribution in [2.45, 2.75) is 116 Å². The summed E-state index contributed by atoms with van der Waals surface area (Å²) in [5.41, 5.74) is 4.08. The predicted octanol–water partition coefficient (Wildman–Crippen LogP) is 10.3. The summed E-state index contributed by atoms with van der Waals surface area (Å²) in [7, 11) is 0. The number of ether oxygens (including phenoxy) is 2. The highest BCUT2D eigenvalue weighted by atomic mass is 127. The van der Waals surface area contributed by atoms with Crippen molar-refractivity contribution in [3.8, 4) is 23.0 Å². The number of rotatable bonds is 20. The number of unbranched alkanes of at least 4 members (excludes halogenated alkanes) is 3. The third kappa shape index (κ3) is 11.2. The first kappa shape index (κ1) is 43.5. The molecule has 0 aromatic heterocycles. The van der Waals surface area contributed by atoms with Crippen LogP contribution in [0.5, 0.6) is 23.0 Å². The van der Waals surface area contributed by atoms with Crippen molar-refractivity contribution in [3.63, 3.8) is 0 Å². The van der Waals surface area contributed by atoms with Crippen LogP contribution in [-0.4, -0.2) is 45.6 Å². The van der Waals surface area contributed by atoms with Crippen LogP contribution >= 0.6 is 22.6 Å². The maximum absolute atomic E-state index is 13.6. The minimum atomic E-state index is -0.849. The highest BCUT2D eigenvalue weighted by Crippen LogP contribution is 2.41. The van der Waals surface area contributed by atoms with Gasteiger partial charge in [-0.2, -0.15) is 0 Å². The third-order valence-corrected chi connectivity index (χ3v) is 11.6. The fourth-order valence-electron chi connectivity index (χ4n) is 7.07. The molecule has 8 nitrogen and oxygen atoms in total. The molecule has 0 heterocycles. The predicted molar refractivity (Wildman–Crippen MR) is 225 cm³/mol. The summed E-state index contributed by atoms with van der Waals surface area (Å²) in [5, 5.41) is 42.1. The van der Waals surface area contributed by atoms with Crippen molar-refractivity contribution in [2.24, 2.45) is 0 Å². The van der Waals surface area contributed by atoms with Crippen LogP contribution in [0.3, 0.4) is 0 Å². The first-order valence-electron chi connectivity index (χ1n) is 19.5. The van der Waals surface area contributed by atoms with Gasteiger partial charge in [0.05, 0.1) is 16.4 Å². The van der Waals surface area contributed by atoms with Gasteiger partial charge in [0, 0.05) is 10.8 Å². The van der Waals surface area contributed by atoms with Crippen molar-refractivity contribution in [2.75, 3.05) is 13.2 Å². The van der Waals surface area contributed by atoms with Crippen LogP contribution in [-0.2, 0) is 49.2 Å². The Labute approximate surface area is 340 Å². The molecule has 0 radical (unpaired) electrons. The Kier molecular flexibility index (Phi) is 15.9.